The quantitative estimate of drug-likeness (QED) is 0.626. The minimum absolute atomic E-state index is 0.114. The van der Waals surface area contributed by atoms with Crippen LogP contribution in [0.3, 0.4) is 0 Å². The van der Waals surface area contributed by atoms with Crippen LogP contribution >= 0.6 is 0 Å². The van der Waals surface area contributed by atoms with Gasteiger partial charge in [0.15, 0.2) is 0 Å². The fourth-order valence-corrected chi connectivity index (χ4v) is 1.40. The van der Waals surface area contributed by atoms with Crippen LogP contribution in [0.2, 0.25) is 0 Å². The lowest BCUT2D eigenvalue weighted by atomic mass is 10.2. The summed E-state index contributed by atoms with van der Waals surface area (Å²) in [5, 5.41) is 0. The molecule has 102 valence electrons. The third kappa shape index (κ3) is 3.38. The number of hydrogen-bond acceptors (Lipinski definition) is 4. The SMILES string of the molecule is O=C(OOC(=O)c1cccc(F)c1)c1cccc(F)c1. The predicted octanol–water partition coefficient (Wildman–Crippen LogP) is 2.89. The molecule has 0 unspecified atom stereocenters. The fourth-order valence-electron chi connectivity index (χ4n) is 1.40. The summed E-state index contributed by atoms with van der Waals surface area (Å²) in [5.74, 6) is -3.32. The molecule has 0 bridgehead atoms. The van der Waals surface area contributed by atoms with Crippen LogP contribution < -0.4 is 0 Å². The molecule has 0 heterocycles. The molecule has 0 fully saturated rings. The maximum Gasteiger partial charge on any atom is 0.386 e. The maximum atomic E-state index is 12.9. The Kier molecular flexibility index (Phi) is 4.05. The summed E-state index contributed by atoms with van der Waals surface area (Å²) in [6.45, 7) is 0. The van der Waals surface area contributed by atoms with Crippen LogP contribution in [0.5, 0.6) is 0 Å². The minimum Gasteiger partial charge on any atom is -0.242 e. The van der Waals surface area contributed by atoms with Gasteiger partial charge in [-0.05, 0) is 36.4 Å². The number of rotatable bonds is 2. The molecule has 0 aliphatic carbocycles. The lowest BCUT2D eigenvalue weighted by Gasteiger charge is -2.03. The Hall–Kier alpha value is -2.76. The van der Waals surface area contributed by atoms with Gasteiger partial charge in [-0.25, -0.2) is 28.1 Å². The monoisotopic (exact) mass is 278 g/mol. The highest BCUT2D eigenvalue weighted by Crippen LogP contribution is 2.08. The summed E-state index contributed by atoms with van der Waals surface area (Å²) in [6, 6.07) is 9.35. The summed E-state index contributed by atoms with van der Waals surface area (Å²) in [7, 11) is 0. The molecule has 0 aromatic heterocycles. The van der Waals surface area contributed by atoms with Crippen molar-refractivity contribution < 1.29 is 28.1 Å². The summed E-state index contributed by atoms with van der Waals surface area (Å²) < 4.78 is 25.8. The second-order valence-corrected chi connectivity index (χ2v) is 3.76. The normalized spacial score (nSPS) is 9.90. The van der Waals surface area contributed by atoms with Crippen LogP contribution in [0.25, 0.3) is 0 Å². The summed E-state index contributed by atoms with van der Waals surface area (Å²) in [4.78, 5) is 31.4. The smallest absolute Gasteiger partial charge is 0.242 e. The average Bonchev–Trinajstić information content (AvgIpc) is 2.44. The van der Waals surface area contributed by atoms with Crippen molar-refractivity contribution in [3.63, 3.8) is 0 Å². The average molecular weight is 278 g/mol. The Labute approximate surface area is 112 Å². The lowest BCUT2D eigenvalue weighted by molar-refractivity contribution is -0.187. The molecule has 0 saturated heterocycles. The molecule has 2 aromatic rings. The van der Waals surface area contributed by atoms with Gasteiger partial charge in [-0.2, -0.15) is 0 Å². The van der Waals surface area contributed by atoms with Crippen molar-refractivity contribution in [3.8, 4) is 0 Å². The van der Waals surface area contributed by atoms with Gasteiger partial charge in [0.1, 0.15) is 11.6 Å². The number of hydrogen-bond donors (Lipinski definition) is 0. The Bertz CT molecular complexity index is 598. The van der Waals surface area contributed by atoms with Crippen LogP contribution in [-0.4, -0.2) is 11.9 Å². The molecule has 4 nitrogen and oxygen atoms in total. The van der Waals surface area contributed by atoms with Crippen molar-refractivity contribution in [2.75, 3.05) is 0 Å². The molecule has 0 aliphatic rings. The molecule has 2 rings (SSSR count). The first-order valence-corrected chi connectivity index (χ1v) is 5.50. The zero-order valence-electron chi connectivity index (χ0n) is 10.0. The van der Waals surface area contributed by atoms with E-state index in [9.17, 15) is 18.4 Å². The molecular formula is C14H8F2O4. The molecule has 0 amide bonds. The first-order valence-electron chi connectivity index (χ1n) is 5.50. The van der Waals surface area contributed by atoms with Gasteiger partial charge in [0.05, 0.1) is 11.1 Å². The molecule has 0 saturated carbocycles. The van der Waals surface area contributed by atoms with Crippen LogP contribution in [0.15, 0.2) is 48.5 Å². The fraction of sp³-hybridized carbons (Fsp3) is 0. The number of carbonyl (C=O) groups is 2. The topological polar surface area (TPSA) is 52.6 Å². The molecule has 0 N–H and O–H groups in total. The van der Waals surface area contributed by atoms with Gasteiger partial charge in [-0.3, -0.25) is 0 Å². The Morgan fingerprint density at radius 2 is 1.15 bits per heavy atom. The predicted molar refractivity (Wildman–Crippen MR) is 63.6 cm³/mol. The minimum atomic E-state index is -1.03. The Morgan fingerprint density at radius 1 is 0.750 bits per heavy atom. The van der Waals surface area contributed by atoms with E-state index in [0.29, 0.717) is 0 Å². The molecule has 0 aliphatic heterocycles. The van der Waals surface area contributed by atoms with Crippen molar-refractivity contribution >= 4 is 11.9 Å². The van der Waals surface area contributed by atoms with Crippen LogP contribution in [0, 0.1) is 11.6 Å². The summed E-state index contributed by atoms with van der Waals surface area (Å²) in [6.07, 6.45) is 0. The summed E-state index contributed by atoms with van der Waals surface area (Å²) in [5.41, 5.74) is -0.228. The Morgan fingerprint density at radius 3 is 1.50 bits per heavy atom. The first kappa shape index (κ1) is 13.7. The van der Waals surface area contributed by atoms with Gasteiger partial charge in [-0.1, -0.05) is 12.1 Å². The van der Waals surface area contributed by atoms with E-state index in [4.69, 9.17) is 0 Å². The van der Waals surface area contributed by atoms with Gasteiger partial charge < -0.3 is 0 Å². The van der Waals surface area contributed by atoms with E-state index >= 15 is 0 Å². The molecule has 6 heteroatoms. The van der Waals surface area contributed by atoms with Gasteiger partial charge in [0.2, 0.25) is 0 Å². The lowest BCUT2D eigenvalue weighted by Crippen LogP contribution is -2.12. The molecule has 0 atom stereocenters. The highest BCUT2D eigenvalue weighted by molar-refractivity contribution is 5.92. The van der Waals surface area contributed by atoms with E-state index in [1.165, 1.54) is 24.3 Å². The summed E-state index contributed by atoms with van der Waals surface area (Å²) >= 11 is 0. The highest BCUT2D eigenvalue weighted by Gasteiger charge is 2.14. The highest BCUT2D eigenvalue weighted by atomic mass is 19.1. The van der Waals surface area contributed by atoms with E-state index < -0.39 is 23.6 Å². The molecule has 2 aromatic carbocycles. The van der Waals surface area contributed by atoms with Crippen molar-refractivity contribution in [1.82, 2.24) is 0 Å². The zero-order chi connectivity index (χ0) is 14.5. The van der Waals surface area contributed by atoms with E-state index in [1.807, 2.05) is 0 Å². The van der Waals surface area contributed by atoms with E-state index in [2.05, 4.69) is 9.78 Å². The molecule has 0 spiro atoms. The van der Waals surface area contributed by atoms with Gasteiger partial charge in [-0.15, -0.1) is 0 Å². The number of carbonyl (C=O) groups excluding carboxylic acids is 2. The second-order valence-electron chi connectivity index (χ2n) is 3.76. The number of halogens is 2. The standard InChI is InChI=1S/C14H8F2O4/c15-11-5-1-3-9(7-11)13(17)19-20-14(18)10-4-2-6-12(16)8-10/h1-8H. The van der Waals surface area contributed by atoms with E-state index in [0.717, 1.165) is 24.3 Å². The molecule has 20 heavy (non-hydrogen) atoms. The van der Waals surface area contributed by atoms with E-state index in [-0.39, 0.29) is 11.1 Å². The van der Waals surface area contributed by atoms with Gasteiger partial charge >= 0.3 is 11.9 Å². The van der Waals surface area contributed by atoms with Gasteiger partial charge in [0.25, 0.3) is 0 Å². The van der Waals surface area contributed by atoms with Crippen LogP contribution in [-0.2, 0) is 9.78 Å². The first-order chi connectivity index (χ1) is 9.56. The Balaban J connectivity index is 1.98. The number of benzene rings is 2. The van der Waals surface area contributed by atoms with Crippen LogP contribution in [0.1, 0.15) is 20.7 Å². The zero-order valence-corrected chi connectivity index (χ0v) is 10.0. The largest absolute Gasteiger partial charge is 0.386 e. The van der Waals surface area contributed by atoms with Gasteiger partial charge in [0, 0.05) is 0 Å². The van der Waals surface area contributed by atoms with Crippen molar-refractivity contribution in [2.24, 2.45) is 0 Å². The maximum absolute atomic E-state index is 12.9. The van der Waals surface area contributed by atoms with E-state index in [1.54, 1.807) is 0 Å². The van der Waals surface area contributed by atoms with Crippen molar-refractivity contribution in [1.29, 1.82) is 0 Å². The van der Waals surface area contributed by atoms with Crippen molar-refractivity contribution in [3.05, 3.63) is 71.3 Å². The van der Waals surface area contributed by atoms with Crippen molar-refractivity contribution in [2.45, 2.75) is 0 Å². The van der Waals surface area contributed by atoms with Crippen LogP contribution in [0.4, 0.5) is 8.78 Å². The molecule has 0 radical (unpaired) electrons. The third-order valence-corrected chi connectivity index (χ3v) is 2.31. The second kappa shape index (κ2) is 5.92. The molecular weight excluding hydrogens is 270 g/mol. The third-order valence-electron chi connectivity index (χ3n) is 2.31.